The first-order chi connectivity index (χ1) is 15.6. The number of ether oxygens (including phenoxy) is 2. The van der Waals surface area contributed by atoms with Gasteiger partial charge in [0.2, 0.25) is 0 Å². The Balaban J connectivity index is 1.66. The van der Waals surface area contributed by atoms with Crippen LogP contribution in [0.4, 0.5) is 5.69 Å². The van der Waals surface area contributed by atoms with Crippen LogP contribution in [0.3, 0.4) is 0 Å². The fourth-order valence-electron chi connectivity index (χ4n) is 2.74. The van der Waals surface area contributed by atoms with Crippen molar-refractivity contribution >= 4 is 35.3 Å². The normalized spacial score (nSPS) is 10.6. The second-order valence-corrected chi connectivity index (χ2v) is 6.94. The van der Waals surface area contributed by atoms with Gasteiger partial charge in [-0.15, -0.1) is 0 Å². The summed E-state index contributed by atoms with van der Waals surface area (Å²) in [6, 6.07) is 21.1. The maximum atomic E-state index is 12.2. The van der Waals surface area contributed by atoms with E-state index in [1.54, 1.807) is 48.5 Å². The van der Waals surface area contributed by atoms with Gasteiger partial charge in [-0.2, -0.15) is 5.10 Å². The van der Waals surface area contributed by atoms with Crippen LogP contribution >= 0.6 is 11.6 Å². The van der Waals surface area contributed by atoms with E-state index in [0.29, 0.717) is 29.2 Å². The van der Waals surface area contributed by atoms with E-state index in [1.165, 1.54) is 6.21 Å². The number of carbonyl (C=O) groups is 2. The van der Waals surface area contributed by atoms with Crippen LogP contribution < -0.4 is 20.2 Å². The zero-order valence-corrected chi connectivity index (χ0v) is 18.1. The number of anilines is 1. The lowest BCUT2D eigenvalue weighted by Crippen LogP contribution is -2.20. The molecule has 32 heavy (non-hydrogen) atoms. The van der Waals surface area contributed by atoms with E-state index in [9.17, 15) is 9.59 Å². The molecule has 7 nitrogen and oxygen atoms in total. The second kappa shape index (κ2) is 11.5. The van der Waals surface area contributed by atoms with E-state index in [2.05, 4.69) is 15.8 Å². The SMILES string of the molecule is CCOc1cc(/C=N/NC(=O)c2ccccc2)cc(Cl)c1OCC(=O)Nc1ccccc1. The van der Waals surface area contributed by atoms with Gasteiger partial charge in [-0.25, -0.2) is 5.43 Å². The monoisotopic (exact) mass is 451 g/mol. The van der Waals surface area contributed by atoms with Gasteiger partial charge in [-0.1, -0.05) is 48.0 Å². The number of halogens is 1. The molecule has 8 heteroatoms. The summed E-state index contributed by atoms with van der Waals surface area (Å²) in [7, 11) is 0. The zero-order chi connectivity index (χ0) is 22.8. The average molecular weight is 452 g/mol. The van der Waals surface area contributed by atoms with Crippen LogP contribution in [0.15, 0.2) is 77.9 Å². The lowest BCUT2D eigenvalue weighted by Gasteiger charge is -2.14. The third-order valence-corrected chi connectivity index (χ3v) is 4.43. The van der Waals surface area contributed by atoms with Crippen molar-refractivity contribution in [2.45, 2.75) is 6.92 Å². The van der Waals surface area contributed by atoms with Crippen LogP contribution in [0.5, 0.6) is 11.5 Å². The Morgan fingerprint density at radius 2 is 1.69 bits per heavy atom. The molecule has 0 saturated heterocycles. The Morgan fingerprint density at radius 1 is 1.00 bits per heavy atom. The molecular formula is C24H22ClN3O4. The quantitative estimate of drug-likeness (QED) is 0.370. The maximum absolute atomic E-state index is 12.2. The van der Waals surface area contributed by atoms with Gasteiger partial charge >= 0.3 is 0 Å². The summed E-state index contributed by atoms with van der Waals surface area (Å²) in [5, 5.41) is 6.95. The van der Waals surface area contributed by atoms with Crippen molar-refractivity contribution < 1.29 is 19.1 Å². The molecule has 0 aliphatic rings. The van der Waals surface area contributed by atoms with Crippen molar-refractivity contribution in [2.75, 3.05) is 18.5 Å². The van der Waals surface area contributed by atoms with Crippen molar-refractivity contribution in [2.24, 2.45) is 5.10 Å². The number of nitrogens with one attached hydrogen (secondary N) is 2. The van der Waals surface area contributed by atoms with Gasteiger partial charge in [0.15, 0.2) is 18.1 Å². The molecule has 0 spiro atoms. The summed E-state index contributed by atoms with van der Waals surface area (Å²) in [4.78, 5) is 24.2. The highest BCUT2D eigenvalue weighted by molar-refractivity contribution is 6.32. The van der Waals surface area contributed by atoms with Crippen LogP contribution in [0.25, 0.3) is 0 Å². The minimum atomic E-state index is -0.331. The molecule has 0 unspecified atom stereocenters. The predicted octanol–water partition coefficient (Wildman–Crippen LogP) is 4.52. The van der Waals surface area contributed by atoms with Gasteiger partial charge in [0.1, 0.15) is 0 Å². The van der Waals surface area contributed by atoms with Crippen molar-refractivity contribution in [3.63, 3.8) is 0 Å². The summed E-state index contributed by atoms with van der Waals surface area (Å²) < 4.78 is 11.2. The minimum Gasteiger partial charge on any atom is -0.490 e. The first-order valence-electron chi connectivity index (χ1n) is 9.89. The fraction of sp³-hybridized carbons (Fsp3) is 0.125. The number of rotatable bonds is 9. The van der Waals surface area contributed by atoms with Gasteiger partial charge < -0.3 is 14.8 Å². The first-order valence-corrected chi connectivity index (χ1v) is 10.3. The van der Waals surface area contributed by atoms with Crippen molar-refractivity contribution in [1.82, 2.24) is 5.43 Å². The molecule has 0 atom stereocenters. The molecule has 0 fully saturated rings. The third-order valence-electron chi connectivity index (χ3n) is 4.15. The Hall–Kier alpha value is -3.84. The van der Waals surface area contributed by atoms with Crippen LogP contribution in [0, 0.1) is 0 Å². The van der Waals surface area contributed by atoms with Crippen LogP contribution in [-0.2, 0) is 4.79 Å². The number of benzene rings is 3. The molecule has 0 aliphatic carbocycles. The standard InChI is InChI=1S/C24H22ClN3O4/c1-2-31-21-14-17(15-26-28-24(30)18-9-5-3-6-10-18)13-20(25)23(21)32-16-22(29)27-19-11-7-4-8-12-19/h3-15H,2,16H2,1H3,(H,27,29)(H,28,30)/b26-15+. The highest BCUT2D eigenvalue weighted by atomic mass is 35.5. The van der Waals surface area contributed by atoms with Gasteiger partial charge in [0.25, 0.3) is 11.8 Å². The number of para-hydroxylation sites is 1. The molecule has 3 rings (SSSR count). The summed E-state index contributed by atoms with van der Waals surface area (Å²) >= 11 is 6.37. The Kier molecular flexibility index (Phi) is 8.22. The Morgan fingerprint density at radius 3 is 2.38 bits per heavy atom. The molecule has 0 aromatic heterocycles. The topological polar surface area (TPSA) is 89.0 Å². The van der Waals surface area contributed by atoms with Crippen molar-refractivity contribution in [3.05, 3.63) is 88.9 Å². The lowest BCUT2D eigenvalue weighted by atomic mass is 10.2. The number of amides is 2. The van der Waals surface area contributed by atoms with E-state index >= 15 is 0 Å². The molecule has 0 saturated carbocycles. The molecule has 0 aliphatic heterocycles. The van der Waals surface area contributed by atoms with Crippen LogP contribution in [-0.4, -0.2) is 31.2 Å². The maximum Gasteiger partial charge on any atom is 0.271 e. The summed E-state index contributed by atoms with van der Waals surface area (Å²) in [6.45, 7) is 1.95. The highest BCUT2D eigenvalue weighted by Crippen LogP contribution is 2.36. The van der Waals surface area contributed by atoms with Gasteiger partial charge in [0, 0.05) is 11.3 Å². The first kappa shape index (κ1) is 22.8. The van der Waals surface area contributed by atoms with E-state index in [0.717, 1.165) is 0 Å². The van der Waals surface area contributed by atoms with Gasteiger partial charge in [0.05, 0.1) is 17.8 Å². The molecule has 0 bridgehead atoms. The number of hydrogen-bond acceptors (Lipinski definition) is 5. The predicted molar refractivity (Wildman–Crippen MR) is 125 cm³/mol. The molecule has 3 aromatic carbocycles. The molecule has 2 N–H and O–H groups in total. The smallest absolute Gasteiger partial charge is 0.271 e. The molecule has 2 amide bonds. The van der Waals surface area contributed by atoms with Crippen molar-refractivity contribution in [1.29, 1.82) is 0 Å². The Labute approximate surface area is 191 Å². The number of carbonyl (C=O) groups excluding carboxylic acids is 2. The van der Waals surface area contributed by atoms with Gasteiger partial charge in [-0.3, -0.25) is 9.59 Å². The van der Waals surface area contributed by atoms with E-state index in [1.807, 2.05) is 31.2 Å². The lowest BCUT2D eigenvalue weighted by molar-refractivity contribution is -0.118. The second-order valence-electron chi connectivity index (χ2n) is 6.53. The summed E-state index contributed by atoms with van der Waals surface area (Å²) in [6.07, 6.45) is 1.45. The number of hydrogen-bond donors (Lipinski definition) is 2. The van der Waals surface area contributed by atoms with E-state index < -0.39 is 0 Å². The third kappa shape index (κ3) is 6.58. The largest absolute Gasteiger partial charge is 0.490 e. The van der Waals surface area contributed by atoms with Crippen LogP contribution in [0.1, 0.15) is 22.8 Å². The fourth-order valence-corrected chi connectivity index (χ4v) is 3.01. The molecule has 0 heterocycles. The molecular weight excluding hydrogens is 430 g/mol. The summed E-state index contributed by atoms with van der Waals surface area (Å²) in [5.41, 5.74) is 4.21. The van der Waals surface area contributed by atoms with Gasteiger partial charge in [-0.05, 0) is 48.9 Å². The summed E-state index contributed by atoms with van der Waals surface area (Å²) in [5.74, 6) is -0.0446. The number of hydrazone groups is 1. The number of nitrogens with zero attached hydrogens (tertiary/aromatic N) is 1. The highest BCUT2D eigenvalue weighted by Gasteiger charge is 2.14. The molecule has 164 valence electrons. The van der Waals surface area contributed by atoms with Crippen LogP contribution in [0.2, 0.25) is 5.02 Å². The average Bonchev–Trinajstić information content (AvgIpc) is 2.80. The Bertz CT molecular complexity index is 1090. The minimum absolute atomic E-state index is 0.241. The zero-order valence-electron chi connectivity index (χ0n) is 17.4. The van der Waals surface area contributed by atoms with Crippen molar-refractivity contribution in [3.8, 4) is 11.5 Å². The molecule has 0 radical (unpaired) electrons. The van der Waals surface area contributed by atoms with E-state index in [4.69, 9.17) is 21.1 Å². The van der Waals surface area contributed by atoms with E-state index in [-0.39, 0.29) is 29.2 Å². The molecule has 3 aromatic rings.